The number of hydrogen-bond donors (Lipinski definition) is 0. The Labute approximate surface area is 117 Å². The van der Waals surface area contributed by atoms with E-state index in [0.29, 0.717) is 11.3 Å². The van der Waals surface area contributed by atoms with Gasteiger partial charge < -0.3 is 4.42 Å². The zero-order valence-electron chi connectivity index (χ0n) is 11.5. The standard InChI is InChI=1S/C18H15FO/c1-12-3-7-14(8-4-12)16-11-20-18(17(16)19)15-9-5-13(2)6-10-15/h3-11H,1-2H3. The molecule has 0 aliphatic rings. The highest BCUT2D eigenvalue weighted by Gasteiger charge is 2.16. The Hall–Kier alpha value is -2.35. The molecule has 100 valence electrons. The lowest BCUT2D eigenvalue weighted by molar-refractivity contribution is 0.549. The number of hydrogen-bond acceptors (Lipinski definition) is 1. The molecule has 0 amide bonds. The van der Waals surface area contributed by atoms with Gasteiger partial charge in [-0.25, -0.2) is 4.39 Å². The highest BCUT2D eigenvalue weighted by Crippen LogP contribution is 2.33. The van der Waals surface area contributed by atoms with Gasteiger partial charge in [0.1, 0.15) is 6.26 Å². The van der Waals surface area contributed by atoms with E-state index >= 15 is 0 Å². The fourth-order valence-electron chi connectivity index (χ4n) is 2.17. The van der Waals surface area contributed by atoms with Crippen LogP contribution in [0.1, 0.15) is 11.1 Å². The summed E-state index contributed by atoms with van der Waals surface area (Å²) in [5, 5.41) is 0. The predicted octanol–water partition coefficient (Wildman–Crippen LogP) is 5.37. The molecule has 1 heterocycles. The highest BCUT2D eigenvalue weighted by atomic mass is 19.1. The molecule has 0 aliphatic carbocycles. The van der Waals surface area contributed by atoms with Crippen LogP contribution in [0.25, 0.3) is 22.5 Å². The molecular formula is C18H15FO. The number of furan rings is 1. The Bertz CT molecular complexity index is 658. The number of halogens is 1. The lowest BCUT2D eigenvalue weighted by atomic mass is 10.0. The van der Waals surface area contributed by atoms with Crippen LogP contribution >= 0.6 is 0 Å². The fourth-order valence-corrected chi connectivity index (χ4v) is 2.17. The summed E-state index contributed by atoms with van der Waals surface area (Å²) in [4.78, 5) is 0. The first-order valence-electron chi connectivity index (χ1n) is 6.56. The van der Waals surface area contributed by atoms with E-state index in [0.717, 1.165) is 22.3 Å². The topological polar surface area (TPSA) is 13.1 Å². The summed E-state index contributed by atoms with van der Waals surface area (Å²) in [6.07, 6.45) is 1.48. The van der Waals surface area contributed by atoms with Crippen molar-refractivity contribution in [2.45, 2.75) is 13.8 Å². The molecule has 0 unspecified atom stereocenters. The molecule has 0 atom stereocenters. The zero-order valence-corrected chi connectivity index (χ0v) is 11.5. The largest absolute Gasteiger partial charge is 0.460 e. The summed E-state index contributed by atoms with van der Waals surface area (Å²) in [5.74, 6) is -0.0155. The lowest BCUT2D eigenvalue weighted by Crippen LogP contribution is -1.83. The van der Waals surface area contributed by atoms with Gasteiger partial charge in [0.05, 0.1) is 5.56 Å². The molecule has 2 heteroatoms. The van der Waals surface area contributed by atoms with E-state index in [4.69, 9.17) is 4.42 Å². The highest BCUT2D eigenvalue weighted by molar-refractivity contribution is 5.71. The van der Waals surface area contributed by atoms with E-state index in [1.54, 1.807) is 0 Å². The number of benzene rings is 2. The van der Waals surface area contributed by atoms with Crippen LogP contribution in [0.15, 0.2) is 59.2 Å². The van der Waals surface area contributed by atoms with Crippen molar-refractivity contribution in [3.8, 4) is 22.5 Å². The first-order valence-corrected chi connectivity index (χ1v) is 6.56. The predicted molar refractivity (Wildman–Crippen MR) is 79.0 cm³/mol. The van der Waals surface area contributed by atoms with Crippen LogP contribution in [0.4, 0.5) is 4.39 Å². The molecule has 2 aromatic carbocycles. The molecule has 0 fully saturated rings. The summed E-state index contributed by atoms with van der Waals surface area (Å²) in [6.45, 7) is 4.01. The van der Waals surface area contributed by atoms with Crippen LogP contribution in [-0.4, -0.2) is 0 Å². The van der Waals surface area contributed by atoms with Gasteiger partial charge in [0, 0.05) is 5.56 Å². The average Bonchev–Trinajstić information content (AvgIpc) is 2.83. The summed E-state index contributed by atoms with van der Waals surface area (Å²) >= 11 is 0. The van der Waals surface area contributed by atoms with Gasteiger partial charge in [0.25, 0.3) is 0 Å². The molecule has 0 saturated heterocycles. The van der Waals surface area contributed by atoms with Crippen molar-refractivity contribution in [1.82, 2.24) is 0 Å². The second-order valence-electron chi connectivity index (χ2n) is 5.02. The average molecular weight is 266 g/mol. The molecule has 0 radical (unpaired) electrons. The minimum absolute atomic E-state index is 0.292. The van der Waals surface area contributed by atoms with Crippen molar-refractivity contribution in [2.24, 2.45) is 0 Å². The Balaban J connectivity index is 2.04. The normalized spacial score (nSPS) is 10.8. The summed E-state index contributed by atoms with van der Waals surface area (Å²) < 4.78 is 19.9. The molecule has 20 heavy (non-hydrogen) atoms. The van der Waals surface area contributed by atoms with Gasteiger partial charge in [-0.2, -0.15) is 0 Å². The van der Waals surface area contributed by atoms with Gasteiger partial charge in [-0.1, -0.05) is 59.7 Å². The smallest absolute Gasteiger partial charge is 0.177 e. The van der Waals surface area contributed by atoms with E-state index in [2.05, 4.69) is 0 Å². The Kier molecular flexibility index (Phi) is 3.15. The number of aryl methyl sites for hydroxylation is 2. The Morgan fingerprint density at radius 2 is 1.25 bits per heavy atom. The zero-order chi connectivity index (χ0) is 14.1. The van der Waals surface area contributed by atoms with Crippen LogP contribution in [0.5, 0.6) is 0 Å². The monoisotopic (exact) mass is 266 g/mol. The van der Waals surface area contributed by atoms with Crippen molar-refractivity contribution in [3.63, 3.8) is 0 Å². The van der Waals surface area contributed by atoms with E-state index < -0.39 is 0 Å². The van der Waals surface area contributed by atoms with Gasteiger partial charge in [0.2, 0.25) is 0 Å². The lowest BCUT2D eigenvalue weighted by Gasteiger charge is -2.00. The van der Waals surface area contributed by atoms with Crippen LogP contribution < -0.4 is 0 Å². The second-order valence-corrected chi connectivity index (χ2v) is 5.02. The van der Waals surface area contributed by atoms with Gasteiger partial charge in [-0.15, -0.1) is 0 Å². The first-order chi connectivity index (χ1) is 9.65. The third-order valence-corrected chi connectivity index (χ3v) is 3.41. The summed E-state index contributed by atoms with van der Waals surface area (Å²) in [6, 6.07) is 15.4. The third-order valence-electron chi connectivity index (χ3n) is 3.41. The van der Waals surface area contributed by atoms with Crippen LogP contribution in [0.2, 0.25) is 0 Å². The maximum atomic E-state index is 14.5. The van der Waals surface area contributed by atoms with E-state index in [1.807, 2.05) is 62.4 Å². The van der Waals surface area contributed by atoms with E-state index in [-0.39, 0.29) is 5.82 Å². The summed E-state index contributed by atoms with van der Waals surface area (Å²) in [5.41, 5.74) is 4.37. The van der Waals surface area contributed by atoms with Crippen molar-refractivity contribution in [2.75, 3.05) is 0 Å². The first kappa shape index (κ1) is 12.7. The molecule has 0 N–H and O–H groups in total. The molecule has 1 aromatic heterocycles. The quantitative estimate of drug-likeness (QED) is 0.607. The van der Waals surface area contributed by atoms with Gasteiger partial charge in [-0.05, 0) is 19.4 Å². The third kappa shape index (κ3) is 2.25. The molecule has 0 saturated carbocycles. The fraction of sp³-hybridized carbons (Fsp3) is 0.111. The molecule has 0 spiro atoms. The van der Waals surface area contributed by atoms with Crippen molar-refractivity contribution < 1.29 is 8.81 Å². The number of rotatable bonds is 2. The van der Waals surface area contributed by atoms with Gasteiger partial charge in [-0.3, -0.25) is 0 Å². The van der Waals surface area contributed by atoms with Crippen molar-refractivity contribution >= 4 is 0 Å². The minimum atomic E-state index is -0.308. The van der Waals surface area contributed by atoms with Crippen molar-refractivity contribution in [3.05, 3.63) is 71.7 Å². The maximum Gasteiger partial charge on any atom is 0.177 e. The minimum Gasteiger partial charge on any atom is -0.460 e. The van der Waals surface area contributed by atoms with Crippen LogP contribution in [0, 0.1) is 19.7 Å². The van der Waals surface area contributed by atoms with Crippen molar-refractivity contribution in [1.29, 1.82) is 0 Å². The molecule has 0 aliphatic heterocycles. The van der Waals surface area contributed by atoms with E-state index in [1.165, 1.54) is 6.26 Å². The Morgan fingerprint density at radius 1 is 0.750 bits per heavy atom. The van der Waals surface area contributed by atoms with E-state index in [9.17, 15) is 4.39 Å². The molecule has 0 bridgehead atoms. The molecule has 3 aromatic rings. The van der Waals surface area contributed by atoms with Crippen LogP contribution in [-0.2, 0) is 0 Å². The second kappa shape index (κ2) is 4.97. The van der Waals surface area contributed by atoms with Gasteiger partial charge >= 0.3 is 0 Å². The SMILES string of the molecule is Cc1ccc(-c2coc(-c3ccc(C)cc3)c2F)cc1. The molecule has 1 nitrogen and oxygen atoms in total. The Morgan fingerprint density at radius 3 is 1.80 bits per heavy atom. The van der Waals surface area contributed by atoms with Gasteiger partial charge in [0.15, 0.2) is 11.6 Å². The molecular weight excluding hydrogens is 251 g/mol. The maximum absolute atomic E-state index is 14.5. The summed E-state index contributed by atoms with van der Waals surface area (Å²) in [7, 11) is 0. The van der Waals surface area contributed by atoms with Crippen LogP contribution in [0.3, 0.4) is 0 Å². The molecule has 3 rings (SSSR count).